The van der Waals surface area contributed by atoms with Crippen molar-refractivity contribution in [3.8, 4) is 0 Å². The number of aromatic nitrogens is 2. The molecule has 0 aliphatic heterocycles. The number of nitro benzene ring substituents is 1. The molecule has 15 heteroatoms. The summed E-state index contributed by atoms with van der Waals surface area (Å²) < 4.78 is 12.0. The van der Waals surface area contributed by atoms with Gasteiger partial charge in [-0.2, -0.15) is 0 Å². The maximum atomic E-state index is 12.0. The minimum absolute atomic E-state index is 0. The van der Waals surface area contributed by atoms with Gasteiger partial charge in [-0.15, -0.1) is 17.0 Å². The average Bonchev–Trinajstić information content (AvgIpc) is 2.68. The van der Waals surface area contributed by atoms with Crippen LogP contribution in [0.3, 0.4) is 0 Å². The molecule has 1 aromatic heterocycles. The number of aromatic amines is 2. The number of nitrogens with zero attached hydrogens (tertiary/aromatic N) is 1. The van der Waals surface area contributed by atoms with Crippen molar-refractivity contribution >= 4 is 47.3 Å². The number of hydrogen-bond acceptors (Lipinski definition) is 7. The van der Waals surface area contributed by atoms with Gasteiger partial charge in [0.05, 0.1) is 21.5 Å². The molecule has 0 spiro atoms. The van der Waals surface area contributed by atoms with Crippen LogP contribution >= 0.6 is 24.6 Å². The van der Waals surface area contributed by atoms with E-state index in [2.05, 4.69) is 15.3 Å². The standard InChI is InChI=1S/C17H15N4O9P.BrH/c22-14-15(23)20-13-10(5-11(21(26)27)6-12(13)19-14)7-18-16(31(28,29)30)8-1-3-9(4-2-8)17(24)25;/h1-6,16,18H,7H2,(H,19,22)(H,20,23)(H,24,25)(H2,28,29,30);1H. The van der Waals surface area contributed by atoms with E-state index in [4.69, 9.17) is 5.11 Å². The Hall–Kier alpha value is -3.16. The van der Waals surface area contributed by atoms with Crippen LogP contribution in [0.5, 0.6) is 0 Å². The van der Waals surface area contributed by atoms with Crippen LogP contribution in [0.2, 0.25) is 0 Å². The summed E-state index contributed by atoms with van der Waals surface area (Å²) in [5, 5.41) is 22.8. The molecule has 0 aliphatic carbocycles. The van der Waals surface area contributed by atoms with Gasteiger partial charge in [0.1, 0.15) is 5.78 Å². The number of nitrogens with one attached hydrogen (secondary N) is 3. The zero-order chi connectivity index (χ0) is 22.9. The summed E-state index contributed by atoms with van der Waals surface area (Å²) in [5.74, 6) is -2.78. The molecule has 1 unspecified atom stereocenters. The third-order valence-electron chi connectivity index (χ3n) is 4.40. The fourth-order valence-corrected chi connectivity index (χ4v) is 3.86. The number of nitro groups is 1. The lowest BCUT2D eigenvalue weighted by Gasteiger charge is -2.21. The number of halogens is 1. The summed E-state index contributed by atoms with van der Waals surface area (Å²) >= 11 is 0. The molecule has 3 aromatic rings. The molecule has 6 N–H and O–H groups in total. The minimum atomic E-state index is -4.80. The zero-order valence-corrected chi connectivity index (χ0v) is 18.4. The van der Waals surface area contributed by atoms with E-state index in [0.717, 1.165) is 12.1 Å². The van der Waals surface area contributed by atoms with Gasteiger partial charge in [0.2, 0.25) is 0 Å². The summed E-state index contributed by atoms with van der Waals surface area (Å²) in [6, 6.07) is 6.94. The normalized spacial score (nSPS) is 12.2. The van der Waals surface area contributed by atoms with Crippen molar-refractivity contribution in [3.63, 3.8) is 0 Å². The highest BCUT2D eigenvalue weighted by Crippen LogP contribution is 2.50. The highest BCUT2D eigenvalue weighted by Gasteiger charge is 2.30. The third-order valence-corrected chi connectivity index (χ3v) is 5.56. The van der Waals surface area contributed by atoms with Gasteiger partial charge >= 0.3 is 24.7 Å². The number of carboxylic acids is 1. The molecule has 0 fully saturated rings. The second kappa shape index (κ2) is 9.54. The van der Waals surface area contributed by atoms with E-state index in [-0.39, 0.29) is 51.2 Å². The van der Waals surface area contributed by atoms with Crippen LogP contribution in [0.4, 0.5) is 5.69 Å². The van der Waals surface area contributed by atoms with E-state index in [1.807, 2.05) is 0 Å². The fraction of sp³-hybridized carbons (Fsp3) is 0.118. The van der Waals surface area contributed by atoms with Crippen LogP contribution in [0.15, 0.2) is 46.0 Å². The number of carboxylic acid groups (broad SMARTS) is 1. The molecule has 0 bridgehead atoms. The molecular formula is C17H16BrN4O9P. The second-order valence-corrected chi connectivity index (χ2v) is 8.19. The molecule has 0 radical (unpaired) electrons. The summed E-state index contributed by atoms with van der Waals surface area (Å²) in [6.45, 7) is -0.337. The lowest BCUT2D eigenvalue weighted by molar-refractivity contribution is -0.384. The maximum absolute atomic E-state index is 12.0. The van der Waals surface area contributed by atoms with Gasteiger partial charge in [0, 0.05) is 18.7 Å². The SMILES string of the molecule is Br.O=C(O)c1ccc(C(NCc2cc([N+](=O)[O-])cc3[nH]c(=O)c(=O)[nH]c23)P(=O)(O)O)cc1. The first-order valence-electron chi connectivity index (χ1n) is 8.53. The van der Waals surface area contributed by atoms with Crippen molar-refractivity contribution in [2.75, 3.05) is 0 Å². The first-order valence-corrected chi connectivity index (χ1v) is 10.2. The van der Waals surface area contributed by atoms with Crippen molar-refractivity contribution in [1.82, 2.24) is 15.3 Å². The van der Waals surface area contributed by atoms with Gasteiger partial charge in [0.15, 0.2) is 0 Å². The van der Waals surface area contributed by atoms with E-state index < -0.39 is 41.1 Å². The number of fused-ring (bicyclic) bond motifs is 1. The van der Waals surface area contributed by atoms with Crippen LogP contribution < -0.4 is 16.4 Å². The topological polar surface area (TPSA) is 216 Å². The molecule has 2 aromatic carbocycles. The predicted molar refractivity (Wildman–Crippen MR) is 117 cm³/mol. The molecule has 0 amide bonds. The number of non-ortho nitro benzene ring substituents is 1. The van der Waals surface area contributed by atoms with Crippen LogP contribution in [-0.2, 0) is 11.1 Å². The Kier molecular flexibility index (Phi) is 7.49. The maximum Gasteiger partial charge on any atom is 0.346 e. The molecule has 1 atom stereocenters. The average molecular weight is 531 g/mol. The Morgan fingerprint density at radius 3 is 2.25 bits per heavy atom. The quantitative estimate of drug-likeness (QED) is 0.111. The van der Waals surface area contributed by atoms with Gasteiger partial charge in [-0.3, -0.25) is 29.6 Å². The van der Waals surface area contributed by atoms with Crippen molar-refractivity contribution in [2.24, 2.45) is 0 Å². The van der Waals surface area contributed by atoms with Gasteiger partial charge < -0.3 is 24.9 Å². The van der Waals surface area contributed by atoms with E-state index in [1.54, 1.807) is 0 Å². The van der Waals surface area contributed by atoms with Crippen LogP contribution in [0.25, 0.3) is 11.0 Å². The van der Waals surface area contributed by atoms with Crippen LogP contribution in [0.1, 0.15) is 27.3 Å². The summed E-state index contributed by atoms with van der Waals surface area (Å²) in [4.78, 5) is 68.7. The van der Waals surface area contributed by atoms with Crippen LogP contribution in [0, 0.1) is 10.1 Å². The van der Waals surface area contributed by atoms with Crippen molar-refractivity contribution < 1.29 is 29.2 Å². The number of hydrogen-bond donors (Lipinski definition) is 6. The van der Waals surface area contributed by atoms with Crippen molar-refractivity contribution in [1.29, 1.82) is 0 Å². The van der Waals surface area contributed by atoms with Gasteiger partial charge in [-0.1, -0.05) is 12.1 Å². The molecule has 3 rings (SSSR count). The van der Waals surface area contributed by atoms with E-state index in [9.17, 15) is 38.8 Å². The fourth-order valence-electron chi connectivity index (χ4n) is 2.97. The molecule has 0 saturated heterocycles. The first kappa shape index (κ1) is 25.1. The van der Waals surface area contributed by atoms with Gasteiger partial charge in [-0.25, -0.2) is 4.79 Å². The Labute approximate surface area is 188 Å². The van der Waals surface area contributed by atoms with Crippen molar-refractivity contribution in [2.45, 2.75) is 12.3 Å². The highest BCUT2D eigenvalue weighted by atomic mass is 79.9. The summed E-state index contributed by atoms with van der Waals surface area (Å²) in [5.41, 5.74) is -2.32. The molecule has 13 nitrogen and oxygen atoms in total. The zero-order valence-electron chi connectivity index (χ0n) is 15.8. The monoisotopic (exact) mass is 530 g/mol. The highest BCUT2D eigenvalue weighted by molar-refractivity contribution is 8.93. The number of rotatable bonds is 7. The third kappa shape index (κ3) is 5.36. The Balaban J connectivity index is 0.00000363. The number of aromatic carboxylic acids is 1. The Bertz CT molecular complexity index is 1350. The molecule has 0 saturated carbocycles. The molecular weight excluding hydrogens is 515 g/mol. The van der Waals surface area contributed by atoms with Gasteiger partial charge in [-0.05, 0) is 23.3 Å². The second-order valence-electron chi connectivity index (χ2n) is 6.49. The van der Waals surface area contributed by atoms with Gasteiger partial charge in [0.25, 0.3) is 5.69 Å². The molecule has 170 valence electrons. The summed E-state index contributed by atoms with van der Waals surface area (Å²) in [6.07, 6.45) is 0. The molecule has 1 heterocycles. The largest absolute Gasteiger partial charge is 0.478 e. The van der Waals surface area contributed by atoms with E-state index in [1.165, 1.54) is 24.3 Å². The van der Waals surface area contributed by atoms with Crippen molar-refractivity contribution in [3.05, 3.63) is 83.9 Å². The predicted octanol–water partition coefficient (Wildman–Crippen LogP) is 1.37. The summed E-state index contributed by atoms with van der Waals surface area (Å²) in [7, 11) is -4.80. The lowest BCUT2D eigenvalue weighted by atomic mass is 10.1. The van der Waals surface area contributed by atoms with Crippen LogP contribution in [-0.4, -0.2) is 35.8 Å². The number of H-pyrrole nitrogens is 2. The smallest absolute Gasteiger partial charge is 0.346 e. The van der Waals surface area contributed by atoms with E-state index in [0.29, 0.717) is 0 Å². The van der Waals surface area contributed by atoms with E-state index >= 15 is 0 Å². The number of carbonyl (C=O) groups is 1. The lowest BCUT2D eigenvalue weighted by Crippen LogP contribution is -2.29. The molecule has 32 heavy (non-hydrogen) atoms. The Morgan fingerprint density at radius 1 is 1.12 bits per heavy atom. The minimum Gasteiger partial charge on any atom is -0.478 e. The number of benzene rings is 2. The Morgan fingerprint density at radius 2 is 1.72 bits per heavy atom. The first-order chi connectivity index (χ1) is 14.5. The molecule has 0 aliphatic rings.